The number of amidine groups is 1. The molecule has 0 saturated carbocycles. The molecule has 0 spiro atoms. The molecule has 0 radical (unpaired) electrons. The quantitative estimate of drug-likeness (QED) is 0.457. The van der Waals surface area contributed by atoms with Crippen molar-refractivity contribution >= 4 is 46.6 Å². The molecule has 3 rings (SSSR count). The number of anilines is 1. The zero-order valence-corrected chi connectivity index (χ0v) is 16.5. The number of nitrogens with zero attached hydrogens (tertiary/aromatic N) is 3. The summed E-state index contributed by atoms with van der Waals surface area (Å²) in [6.45, 7) is -0.519. The van der Waals surface area contributed by atoms with Crippen LogP contribution in [0.5, 0.6) is 5.75 Å². The van der Waals surface area contributed by atoms with Gasteiger partial charge in [0.2, 0.25) is 11.8 Å². The average Bonchev–Trinajstić information content (AvgIpc) is 3.03. The number of nitrogens with one attached hydrogen (secondary N) is 1. The molecule has 1 fully saturated rings. The molecule has 3 N–H and O–H groups in total. The number of phenolic OH excluding ortho intramolecular Hbond substituents is 1. The maximum atomic E-state index is 12.9. The molecular formula is C20H18N4O5S. The van der Waals surface area contributed by atoms with Gasteiger partial charge in [-0.15, -0.1) is 5.10 Å². The van der Waals surface area contributed by atoms with E-state index in [1.807, 2.05) is 30.3 Å². The molecule has 2 aromatic rings. The van der Waals surface area contributed by atoms with Crippen molar-refractivity contribution in [3.05, 3.63) is 60.2 Å². The Kier molecular flexibility index (Phi) is 6.81. The van der Waals surface area contributed by atoms with Crippen LogP contribution in [0.2, 0.25) is 0 Å². The molecule has 1 atom stereocenters. The number of benzene rings is 2. The van der Waals surface area contributed by atoms with Crippen molar-refractivity contribution in [1.29, 1.82) is 0 Å². The fraction of sp³-hybridized carbons (Fsp3) is 0.150. The van der Waals surface area contributed by atoms with Gasteiger partial charge in [0.25, 0.3) is 0 Å². The van der Waals surface area contributed by atoms with Crippen molar-refractivity contribution in [2.45, 2.75) is 11.7 Å². The van der Waals surface area contributed by atoms with Gasteiger partial charge in [-0.1, -0.05) is 42.1 Å². The van der Waals surface area contributed by atoms with Crippen LogP contribution >= 0.6 is 11.8 Å². The van der Waals surface area contributed by atoms with Gasteiger partial charge >= 0.3 is 5.97 Å². The number of aromatic hydroxyl groups is 1. The molecule has 30 heavy (non-hydrogen) atoms. The lowest BCUT2D eigenvalue weighted by molar-refractivity contribution is -0.137. The van der Waals surface area contributed by atoms with E-state index in [1.54, 1.807) is 18.3 Å². The number of hydrogen-bond acceptors (Lipinski definition) is 7. The third kappa shape index (κ3) is 5.45. The third-order valence-electron chi connectivity index (χ3n) is 4.00. The molecule has 0 aliphatic carbocycles. The smallest absolute Gasteiger partial charge is 0.322 e. The lowest BCUT2D eigenvalue weighted by atomic mass is 10.2. The highest BCUT2D eigenvalue weighted by Gasteiger charge is 2.40. The Morgan fingerprint density at radius 1 is 1.13 bits per heavy atom. The predicted molar refractivity (Wildman–Crippen MR) is 114 cm³/mol. The molecule has 1 saturated heterocycles. The van der Waals surface area contributed by atoms with Crippen LogP contribution < -0.4 is 10.2 Å². The summed E-state index contributed by atoms with van der Waals surface area (Å²) < 4.78 is 0. The van der Waals surface area contributed by atoms with Gasteiger partial charge in [0.1, 0.15) is 17.5 Å². The van der Waals surface area contributed by atoms with E-state index in [-0.39, 0.29) is 23.2 Å². The summed E-state index contributed by atoms with van der Waals surface area (Å²) in [6.07, 6.45) is 1.34. The first-order valence-corrected chi connectivity index (χ1v) is 9.76. The second-order valence-electron chi connectivity index (χ2n) is 6.21. The van der Waals surface area contributed by atoms with Crippen LogP contribution in [0.1, 0.15) is 12.0 Å². The first-order chi connectivity index (χ1) is 14.4. The molecule has 2 amide bonds. The van der Waals surface area contributed by atoms with Crippen LogP contribution in [0, 0.1) is 0 Å². The summed E-state index contributed by atoms with van der Waals surface area (Å²) in [6, 6.07) is 15.3. The molecule has 1 aliphatic heterocycles. The van der Waals surface area contributed by atoms with Crippen LogP contribution in [0.3, 0.4) is 0 Å². The van der Waals surface area contributed by atoms with Gasteiger partial charge in [-0.05, 0) is 29.8 Å². The Hall–Kier alpha value is -3.66. The number of aliphatic carboxylic acids is 1. The van der Waals surface area contributed by atoms with E-state index in [1.165, 1.54) is 17.0 Å². The number of phenols is 1. The molecule has 2 aromatic carbocycles. The fourth-order valence-electron chi connectivity index (χ4n) is 2.60. The second kappa shape index (κ2) is 9.70. The molecule has 1 heterocycles. The standard InChI is InChI=1S/C20H18N4O5S/c25-15-8-6-14(7-9-15)24-19(29)16(10-17(26)21-12-18(27)28)30-20(24)23-22-11-13-4-2-1-3-5-13/h1-9,11,16,25H,10,12H2,(H,21,26)(H,27,28)/b22-11+,23-20+. The Bertz CT molecular complexity index is 992. The van der Waals surface area contributed by atoms with Gasteiger partial charge in [-0.25, -0.2) is 0 Å². The monoisotopic (exact) mass is 426 g/mol. The predicted octanol–water partition coefficient (Wildman–Crippen LogP) is 1.82. The van der Waals surface area contributed by atoms with Crippen LogP contribution in [0.25, 0.3) is 0 Å². The third-order valence-corrected chi connectivity index (χ3v) is 5.13. The SMILES string of the molecule is O=C(O)CNC(=O)CC1S/C(=N/N=C/c2ccccc2)N(c2ccc(O)cc2)C1=O. The van der Waals surface area contributed by atoms with Gasteiger partial charge in [-0.3, -0.25) is 19.3 Å². The van der Waals surface area contributed by atoms with E-state index >= 15 is 0 Å². The molecule has 1 aliphatic rings. The van der Waals surface area contributed by atoms with Crippen molar-refractivity contribution in [1.82, 2.24) is 5.32 Å². The molecule has 1 unspecified atom stereocenters. The summed E-state index contributed by atoms with van der Waals surface area (Å²) in [4.78, 5) is 36.8. The van der Waals surface area contributed by atoms with Crippen LogP contribution in [-0.4, -0.2) is 51.2 Å². The maximum absolute atomic E-state index is 12.9. The first-order valence-electron chi connectivity index (χ1n) is 8.88. The van der Waals surface area contributed by atoms with E-state index in [4.69, 9.17) is 5.11 Å². The number of carboxylic acid groups (broad SMARTS) is 1. The van der Waals surface area contributed by atoms with Gasteiger partial charge in [0, 0.05) is 6.42 Å². The molecule has 9 nitrogen and oxygen atoms in total. The van der Waals surface area contributed by atoms with Crippen LogP contribution in [0.15, 0.2) is 64.8 Å². The largest absolute Gasteiger partial charge is 0.508 e. The van der Waals surface area contributed by atoms with E-state index in [2.05, 4.69) is 15.5 Å². The number of thioether (sulfide) groups is 1. The van der Waals surface area contributed by atoms with Gasteiger partial charge < -0.3 is 15.5 Å². The lowest BCUT2D eigenvalue weighted by Crippen LogP contribution is -2.36. The summed E-state index contributed by atoms with van der Waals surface area (Å²) in [5.74, 6) is -2.06. The lowest BCUT2D eigenvalue weighted by Gasteiger charge is -2.15. The highest BCUT2D eigenvalue weighted by atomic mass is 32.2. The van der Waals surface area contributed by atoms with Crippen molar-refractivity contribution in [2.24, 2.45) is 10.2 Å². The minimum absolute atomic E-state index is 0.0447. The summed E-state index contributed by atoms with van der Waals surface area (Å²) in [5, 5.41) is 28.1. The summed E-state index contributed by atoms with van der Waals surface area (Å²) in [5.41, 5.74) is 1.30. The molecular weight excluding hydrogens is 408 g/mol. The Labute approximate surface area is 176 Å². The summed E-state index contributed by atoms with van der Waals surface area (Å²) >= 11 is 1.07. The van der Waals surface area contributed by atoms with E-state index in [0.29, 0.717) is 5.69 Å². The van der Waals surface area contributed by atoms with Gasteiger partial charge in [0.05, 0.1) is 11.9 Å². The second-order valence-corrected chi connectivity index (χ2v) is 7.38. The Balaban J connectivity index is 1.82. The Morgan fingerprint density at radius 3 is 2.50 bits per heavy atom. The zero-order valence-electron chi connectivity index (χ0n) is 15.6. The van der Waals surface area contributed by atoms with Gasteiger partial charge in [-0.2, -0.15) is 5.10 Å². The van der Waals surface area contributed by atoms with E-state index in [9.17, 15) is 19.5 Å². The first kappa shape index (κ1) is 21.1. The van der Waals surface area contributed by atoms with Crippen molar-refractivity contribution in [3.63, 3.8) is 0 Å². The molecule has 0 aromatic heterocycles. The number of carbonyl (C=O) groups excluding carboxylic acids is 2. The number of carbonyl (C=O) groups is 3. The molecule has 10 heteroatoms. The van der Waals surface area contributed by atoms with Crippen molar-refractivity contribution in [2.75, 3.05) is 11.4 Å². The van der Waals surface area contributed by atoms with Crippen molar-refractivity contribution in [3.8, 4) is 5.75 Å². The number of amides is 2. The fourth-order valence-corrected chi connectivity index (χ4v) is 3.69. The van der Waals surface area contributed by atoms with Crippen LogP contribution in [0.4, 0.5) is 5.69 Å². The van der Waals surface area contributed by atoms with Gasteiger partial charge in [0.15, 0.2) is 5.17 Å². The molecule has 154 valence electrons. The topological polar surface area (TPSA) is 132 Å². The van der Waals surface area contributed by atoms with Crippen LogP contribution in [-0.2, 0) is 14.4 Å². The maximum Gasteiger partial charge on any atom is 0.322 e. The minimum Gasteiger partial charge on any atom is -0.508 e. The normalized spacial score (nSPS) is 17.6. The van der Waals surface area contributed by atoms with Crippen molar-refractivity contribution < 1.29 is 24.6 Å². The van der Waals surface area contributed by atoms with E-state index < -0.39 is 23.7 Å². The number of rotatable bonds is 7. The number of hydrogen-bond donors (Lipinski definition) is 3. The molecule has 0 bridgehead atoms. The highest BCUT2D eigenvalue weighted by molar-refractivity contribution is 8.16. The minimum atomic E-state index is -1.17. The Morgan fingerprint density at radius 2 is 1.83 bits per heavy atom. The highest BCUT2D eigenvalue weighted by Crippen LogP contribution is 2.34. The average molecular weight is 426 g/mol. The number of carboxylic acids is 1. The summed E-state index contributed by atoms with van der Waals surface area (Å²) in [7, 11) is 0. The zero-order chi connectivity index (χ0) is 21.5. The van der Waals surface area contributed by atoms with E-state index in [0.717, 1.165) is 17.3 Å².